The van der Waals surface area contributed by atoms with Crippen molar-refractivity contribution in [1.82, 2.24) is 10.6 Å². The first-order chi connectivity index (χ1) is 11.3. The summed E-state index contributed by atoms with van der Waals surface area (Å²) in [6.07, 6.45) is 13.7. The van der Waals surface area contributed by atoms with Crippen molar-refractivity contribution in [2.24, 2.45) is 0 Å². The number of nitrogens with zero attached hydrogens (tertiary/aromatic N) is 1. The Hall–Kier alpha value is -1.71. The molecule has 3 nitrogen and oxygen atoms in total. The van der Waals surface area contributed by atoms with Crippen molar-refractivity contribution in [2.75, 3.05) is 24.5 Å². The lowest BCUT2D eigenvalue weighted by Crippen LogP contribution is -2.42. The fourth-order valence-corrected chi connectivity index (χ4v) is 4.10. The Morgan fingerprint density at radius 1 is 1.09 bits per heavy atom. The van der Waals surface area contributed by atoms with Gasteiger partial charge >= 0.3 is 0 Å². The highest BCUT2D eigenvalue weighted by atomic mass is 35.5. The van der Waals surface area contributed by atoms with Crippen molar-refractivity contribution < 1.29 is 0 Å². The fourth-order valence-electron chi connectivity index (χ4n) is 3.84. The Labute approximate surface area is 142 Å². The largest absolute Gasteiger partial charge is 0.367 e. The van der Waals surface area contributed by atoms with Gasteiger partial charge in [-0.2, -0.15) is 0 Å². The van der Waals surface area contributed by atoms with Gasteiger partial charge in [0.15, 0.2) is 0 Å². The van der Waals surface area contributed by atoms with Crippen LogP contribution in [0.4, 0.5) is 5.69 Å². The molecule has 0 aliphatic carbocycles. The van der Waals surface area contributed by atoms with Crippen LogP contribution < -0.4 is 15.5 Å². The molecule has 0 amide bonds. The number of benzene rings is 1. The Morgan fingerprint density at radius 3 is 2.83 bits per heavy atom. The van der Waals surface area contributed by atoms with Crippen LogP contribution >= 0.6 is 11.6 Å². The number of piperidine rings is 1. The minimum absolute atomic E-state index is 0.618. The van der Waals surface area contributed by atoms with Crippen molar-refractivity contribution >= 4 is 23.0 Å². The van der Waals surface area contributed by atoms with E-state index in [4.69, 9.17) is 11.6 Å². The Kier molecular flexibility index (Phi) is 4.15. The number of nitrogens with one attached hydrogen (secondary N) is 2. The van der Waals surface area contributed by atoms with Gasteiger partial charge in [-0.1, -0.05) is 29.8 Å². The fraction of sp³-hybridized carbons (Fsp3) is 0.368. The highest BCUT2D eigenvalue weighted by molar-refractivity contribution is 6.33. The zero-order valence-corrected chi connectivity index (χ0v) is 13.9. The third-order valence-electron chi connectivity index (χ3n) is 4.96. The molecule has 1 saturated heterocycles. The maximum absolute atomic E-state index is 6.63. The zero-order valence-electron chi connectivity index (χ0n) is 13.2. The monoisotopic (exact) mass is 327 g/mol. The molecule has 120 valence electrons. The second kappa shape index (κ2) is 6.42. The van der Waals surface area contributed by atoms with Crippen LogP contribution in [0.3, 0.4) is 0 Å². The molecule has 4 heteroatoms. The predicted molar refractivity (Wildman–Crippen MR) is 97.8 cm³/mol. The lowest BCUT2D eigenvalue weighted by molar-refractivity contribution is 0.435. The van der Waals surface area contributed by atoms with E-state index in [-0.39, 0.29) is 0 Å². The SMILES string of the molecule is Clc1ccc2c(c1C1=CC=CC=CN1)N(C1CCNCC1)CC2. The minimum atomic E-state index is 0.618. The molecule has 3 aliphatic rings. The third kappa shape index (κ3) is 2.79. The van der Waals surface area contributed by atoms with E-state index in [1.165, 1.54) is 24.1 Å². The number of anilines is 1. The van der Waals surface area contributed by atoms with E-state index >= 15 is 0 Å². The maximum Gasteiger partial charge on any atom is 0.0520 e. The average molecular weight is 328 g/mol. The summed E-state index contributed by atoms with van der Waals surface area (Å²) in [5.41, 5.74) is 4.99. The van der Waals surface area contributed by atoms with Gasteiger partial charge in [0, 0.05) is 30.0 Å². The molecule has 0 radical (unpaired) electrons. The van der Waals surface area contributed by atoms with Crippen LogP contribution in [0.5, 0.6) is 0 Å². The molecular weight excluding hydrogens is 306 g/mol. The molecule has 3 aliphatic heterocycles. The molecule has 1 aromatic rings. The zero-order chi connectivity index (χ0) is 15.6. The van der Waals surface area contributed by atoms with Crippen LogP contribution in [0.1, 0.15) is 24.0 Å². The van der Waals surface area contributed by atoms with Gasteiger partial charge in [0.1, 0.15) is 0 Å². The molecule has 23 heavy (non-hydrogen) atoms. The van der Waals surface area contributed by atoms with E-state index in [0.29, 0.717) is 6.04 Å². The molecule has 4 rings (SSSR count). The standard InChI is InChI=1S/C19H22ClN3/c20-16-6-5-14-9-13-23(15-7-11-21-12-8-15)19(14)18(16)17-4-2-1-3-10-22-17/h1-6,10,15,21-22H,7-9,11-13H2. The van der Waals surface area contributed by atoms with Crippen molar-refractivity contribution in [3.63, 3.8) is 0 Å². The highest BCUT2D eigenvalue weighted by Crippen LogP contribution is 2.41. The van der Waals surface area contributed by atoms with Crippen molar-refractivity contribution in [2.45, 2.75) is 25.3 Å². The van der Waals surface area contributed by atoms with E-state index in [1.54, 1.807) is 0 Å². The van der Waals surface area contributed by atoms with Gasteiger partial charge < -0.3 is 15.5 Å². The number of fused-ring (bicyclic) bond motifs is 1. The number of hydrogen-bond acceptors (Lipinski definition) is 3. The first kappa shape index (κ1) is 14.9. The lowest BCUT2D eigenvalue weighted by atomic mass is 10.0. The summed E-state index contributed by atoms with van der Waals surface area (Å²) in [5, 5.41) is 7.68. The van der Waals surface area contributed by atoms with Crippen LogP contribution in [-0.2, 0) is 6.42 Å². The summed E-state index contributed by atoms with van der Waals surface area (Å²) in [7, 11) is 0. The van der Waals surface area contributed by atoms with E-state index in [1.807, 2.05) is 24.4 Å². The number of allylic oxidation sites excluding steroid dienone is 4. The maximum atomic E-state index is 6.63. The lowest BCUT2D eigenvalue weighted by Gasteiger charge is -2.35. The summed E-state index contributed by atoms with van der Waals surface area (Å²) < 4.78 is 0. The highest BCUT2D eigenvalue weighted by Gasteiger charge is 2.31. The summed E-state index contributed by atoms with van der Waals surface area (Å²) in [5.74, 6) is 0. The molecule has 0 saturated carbocycles. The Morgan fingerprint density at radius 2 is 1.96 bits per heavy atom. The van der Waals surface area contributed by atoms with Crippen molar-refractivity contribution in [1.29, 1.82) is 0 Å². The van der Waals surface area contributed by atoms with E-state index in [9.17, 15) is 0 Å². The van der Waals surface area contributed by atoms with E-state index in [0.717, 1.165) is 42.3 Å². The normalized spacial score (nSPS) is 20.9. The smallest absolute Gasteiger partial charge is 0.0520 e. The number of rotatable bonds is 2. The van der Waals surface area contributed by atoms with Crippen molar-refractivity contribution in [3.8, 4) is 0 Å². The van der Waals surface area contributed by atoms with Gasteiger partial charge in [-0.25, -0.2) is 0 Å². The topological polar surface area (TPSA) is 27.3 Å². The second-order valence-corrected chi connectivity index (χ2v) is 6.73. The quantitative estimate of drug-likeness (QED) is 0.871. The van der Waals surface area contributed by atoms with Gasteiger partial charge in [0.2, 0.25) is 0 Å². The summed E-state index contributed by atoms with van der Waals surface area (Å²) in [4.78, 5) is 2.60. The molecule has 0 aromatic heterocycles. The molecule has 1 aromatic carbocycles. The molecular formula is C19H22ClN3. The van der Waals surface area contributed by atoms with Crippen LogP contribution in [-0.4, -0.2) is 25.7 Å². The van der Waals surface area contributed by atoms with Crippen LogP contribution in [0, 0.1) is 0 Å². The predicted octanol–water partition coefficient (Wildman–Crippen LogP) is 3.47. The number of halogens is 1. The molecule has 0 bridgehead atoms. The van der Waals surface area contributed by atoms with Crippen LogP contribution in [0.25, 0.3) is 5.70 Å². The summed E-state index contributed by atoms with van der Waals surface area (Å²) in [6.45, 7) is 3.32. The van der Waals surface area contributed by atoms with Crippen LogP contribution in [0.2, 0.25) is 5.02 Å². The molecule has 1 fully saturated rings. The average Bonchev–Trinajstić information content (AvgIpc) is 2.83. The first-order valence-electron chi connectivity index (χ1n) is 8.44. The molecule has 2 N–H and O–H groups in total. The third-order valence-corrected chi connectivity index (χ3v) is 5.27. The summed E-state index contributed by atoms with van der Waals surface area (Å²) >= 11 is 6.63. The van der Waals surface area contributed by atoms with Gasteiger partial charge in [0.05, 0.1) is 10.7 Å². The molecule has 3 heterocycles. The van der Waals surface area contributed by atoms with Crippen molar-refractivity contribution in [3.05, 3.63) is 58.8 Å². The van der Waals surface area contributed by atoms with E-state index in [2.05, 4.69) is 33.8 Å². The first-order valence-corrected chi connectivity index (χ1v) is 8.81. The molecule has 0 atom stereocenters. The van der Waals surface area contributed by atoms with Gasteiger partial charge in [0.25, 0.3) is 0 Å². The Balaban J connectivity index is 1.78. The van der Waals surface area contributed by atoms with Gasteiger partial charge in [-0.05, 0) is 56.1 Å². The molecule has 0 unspecified atom stereocenters. The number of hydrogen-bond donors (Lipinski definition) is 2. The Bertz CT molecular complexity index is 684. The van der Waals surface area contributed by atoms with Gasteiger partial charge in [-0.15, -0.1) is 0 Å². The summed E-state index contributed by atoms with van der Waals surface area (Å²) in [6, 6.07) is 4.86. The second-order valence-electron chi connectivity index (χ2n) is 6.32. The van der Waals surface area contributed by atoms with Crippen LogP contribution in [0.15, 0.2) is 42.6 Å². The van der Waals surface area contributed by atoms with E-state index < -0.39 is 0 Å². The minimum Gasteiger partial charge on any atom is -0.367 e. The van der Waals surface area contributed by atoms with Gasteiger partial charge in [-0.3, -0.25) is 0 Å². The molecule has 0 spiro atoms.